The summed E-state index contributed by atoms with van der Waals surface area (Å²) in [6.07, 6.45) is 2.13. The number of hydrogen-bond donors (Lipinski definition) is 1. The molecule has 0 bridgehead atoms. The van der Waals surface area contributed by atoms with E-state index >= 15 is 0 Å². The second kappa shape index (κ2) is 5.99. The van der Waals surface area contributed by atoms with Crippen LogP contribution in [-0.4, -0.2) is 43.0 Å². The summed E-state index contributed by atoms with van der Waals surface area (Å²) >= 11 is 0. The van der Waals surface area contributed by atoms with E-state index in [9.17, 15) is 9.59 Å². The van der Waals surface area contributed by atoms with Gasteiger partial charge in [-0.2, -0.15) is 0 Å². The van der Waals surface area contributed by atoms with Gasteiger partial charge in [0, 0.05) is 32.0 Å². The lowest BCUT2D eigenvalue weighted by Crippen LogP contribution is -2.36. The quantitative estimate of drug-likeness (QED) is 0.918. The second-order valence-electron chi connectivity index (χ2n) is 6.16. The standard InChI is InChI=1S/C17H22N2O3/c1-11(20)19-9-14(13-5-3-4-6-16(13)22-2)15(10-19)17(21)18-12-7-8-12/h3-6,12,14-15H,7-10H2,1-2H3,(H,18,21). The molecule has 3 rings (SSSR count). The molecule has 1 saturated heterocycles. The highest BCUT2D eigenvalue weighted by Crippen LogP contribution is 2.38. The first-order valence-electron chi connectivity index (χ1n) is 7.79. The summed E-state index contributed by atoms with van der Waals surface area (Å²) in [5.41, 5.74) is 1.00. The normalized spacial score (nSPS) is 24.2. The van der Waals surface area contributed by atoms with Crippen molar-refractivity contribution in [3.05, 3.63) is 29.8 Å². The Hall–Kier alpha value is -2.04. The summed E-state index contributed by atoms with van der Waals surface area (Å²) < 4.78 is 5.44. The molecule has 1 aliphatic heterocycles. The first kappa shape index (κ1) is 14.9. The van der Waals surface area contributed by atoms with Crippen molar-refractivity contribution in [2.75, 3.05) is 20.2 Å². The number of amides is 2. The number of nitrogens with zero attached hydrogens (tertiary/aromatic N) is 1. The third kappa shape index (κ3) is 2.93. The maximum absolute atomic E-state index is 12.6. The monoisotopic (exact) mass is 302 g/mol. The molecule has 1 aliphatic carbocycles. The number of benzene rings is 1. The topological polar surface area (TPSA) is 58.6 Å². The van der Waals surface area contributed by atoms with E-state index in [1.165, 1.54) is 0 Å². The van der Waals surface area contributed by atoms with E-state index in [-0.39, 0.29) is 23.7 Å². The number of ether oxygens (including phenoxy) is 1. The zero-order valence-electron chi connectivity index (χ0n) is 13.0. The average molecular weight is 302 g/mol. The first-order valence-corrected chi connectivity index (χ1v) is 7.79. The molecule has 118 valence electrons. The van der Waals surface area contributed by atoms with Crippen LogP contribution in [0.4, 0.5) is 0 Å². The van der Waals surface area contributed by atoms with Gasteiger partial charge < -0.3 is 15.0 Å². The van der Waals surface area contributed by atoms with E-state index in [2.05, 4.69) is 5.32 Å². The van der Waals surface area contributed by atoms with Crippen LogP contribution in [0.5, 0.6) is 5.75 Å². The smallest absolute Gasteiger partial charge is 0.225 e. The van der Waals surface area contributed by atoms with Gasteiger partial charge in [-0.1, -0.05) is 18.2 Å². The largest absolute Gasteiger partial charge is 0.496 e. The zero-order valence-corrected chi connectivity index (χ0v) is 13.0. The molecule has 5 nitrogen and oxygen atoms in total. The third-order valence-electron chi connectivity index (χ3n) is 4.56. The maximum atomic E-state index is 12.6. The zero-order chi connectivity index (χ0) is 15.7. The van der Waals surface area contributed by atoms with Gasteiger partial charge in [0.15, 0.2) is 0 Å². The van der Waals surface area contributed by atoms with E-state index in [1.54, 1.807) is 18.9 Å². The Labute approximate surface area is 130 Å². The van der Waals surface area contributed by atoms with Gasteiger partial charge in [0.25, 0.3) is 0 Å². The van der Waals surface area contributed by atoms with Crippen LogP contribution < -0.4 is 10.1 Å². The Bertz CT molecular complexity index is 583. The number of nitrogens with one attached hydrogen (secondary N) is 1. The maximum Gasteiger partial charge on any atom is 0.225 e. The lowest BCUT2D eigenvalue weighted by Gasteiger charge is -2.20. The molecule has 0 spiro atoms. The van der Waals surface area contributed by atoms with Crippen LogP contribution in [0, 0.1) is 5.92 Å². The third-order valence-corrected chi connectivity index (χ3v) is 4.56. The van der Waals surface area contributed by atoms with E-state index in [0.29, 0.717) is 19.1 Å². The van der Waals surface area contributed by atoms with Crippen molar-refractivity contribution >= 4 is 11.8 Å². The molecule has 1 heterocycles. The highest BCUT2D eigenvalue weighted by molar-refractivity contribution is 5.83. The molecular formula is C17H22N2O3. The van der Waals surface area contributed by atoms with Crippen molar-refractivity contribution in [2.24, 2.45) is 5.92 Å². The van der Waals surface area contributed by atoms with Crippen molar-refractivity contribution in [1.82, 2.24) is 10.2 Å². The fraction of sp³-hybridized carbons (Fsp3) is 0.529. The first-order chi connectivity index (χ1) is 10.6. The molecule has 2 atom stereocenters. The molecule has 1 aromatic carbocycles. The van der Waals surface area contributed by atoms with E-state index < -0.39 is 0 Å². The number of rotatable bonds is 4. The molecule has 2 aliphatic rings. The van der Waals surface area contributed by atoms with Gasteiger partial charge in [-0.25, -0.2) is 0 Å². The van der Waals surface area contributed by atoms with Gasteiger partial charge >= 0.3 is 0 Å². The second-order valence-corrected chi connectivity index (χ2v) is 6.16. The van der Waals surface area contributed by atoms with Crippen molar-refractivity contribution in [1.29, 1.82) is 0 Å². The van der Waals surface area contributed by atoms with Gasteiger partial charge in [-0.15, -0.1) is 0 Å². The van der Waals surface area contributed by atoms with E-state index in [0.717, 1.165) is 24.2 Å². The predicted octanol–water partition coefficient (Wildman–Crippen LogP) is 1.54. The molecule has 2 fully saturated rings. The number of carbonyl (C=O) groups excluding carboxylic acids is 2. The predicted molar refractivity (Wildman–Crippen MR) is 82.6 cm³/mol. The Morgan fingerprint density at radius 3 is 2.59 bits per heavy atom. The highest BCUT2D eigenvalue weighted by atomic mass is 16.5. The van der Waals surface area contributed by atoms with Crippen LogP contribution in [0.2, 0.25) is 0 Å². The minimum absolute atomic E-state index is 0.0150. The van der Waals surface area contributed by atoms with Crippen molar-refractivity contribution in [3.8, 4) is 5.75 Å². The number of carbonyl (C=O) groups is 2. The van der Waals surface area contributed by atoms with E-state index in [1.807, 2.05) is 24.3 Å². The molecule has 22 heavy (non-hydrogen) atoms. The minimum Gasteiger partial charge on any atom is -0.496 e. The molecule has 2 amide bonds. The van der Waals surface area contributed by atoms with Gasteiger partial charge in [-0.3, -0.25) is 9.59 Å². The van der Waals surface area contributed by atoms with E-state index in [4.69, 9.17) is 4.74 Å². The van der Waals surface area contributed by atoms with Gasteiger partial charge in [0.05, 0.1) is 13.0 Å². The number of hydrogen-bond acceptors (Lipinski definition) is 3. The molecule has 2 unspecified atom stereocenters. The van der Waals surface area contributed by atoms with Crippen LogP contribution >= 0.6 is 0 Å². The van der Waals surface area contributed by atoms with Crippen molar-refractivity contribution < 1.29 is 14.3 Å². The van der Waals surface area contributed by atoms with Gasteiger partial charge in [0.1, 0.15) is 5.75 Å². The van der Waals surface area contributed by atoms with Crippen molar-refractivity contribution in [3.63, 3.8) is 0 Å². The summed E-state index contributed by atoms with van der Waals surface area (Å²) in [5, 5.41) is 3.07. The van der Waals surface area contributed by atoms with Crippen LogP contribution in [0.3, 0.4) is 0 Å². The molecule has 0 radical (unpaired) electrons. The number of likely N-dealkylation sites (tertiary alicyclic amines) is 1. The molecule has 1 saturated carbocycles. The SMILES string of the molecule is COc1ccccc1C1CN(C(C)=O)CC1C(=O)NC1CC1. The highest BCUT2D eigenvalue weighted by Gasteiger charge is 2.41. The summed E-state index contributed by atoms with van der Waals surface area (Å²) in [6, 6.07) is 8.09. The van der Waals surface area contributed by atoms with Crippen LogP contribution in [-0.2, 0) is 9.59 Å². The molecular weight excluding hydrogens is 280 g/mol. The Morgan fingerprint density at radius 1 is 1.23 bits per heavy atom. The van der Waals surface area contributed by atoms with Crippen LogP contribution in [0.25, 0.3) is 0 Å². The summed E-state index contributed by atoms with van der Waals surface area (Å²) in [6.45, 7) is 2.61. The Kier molecular flexibility index (Phi) is 4.05. The van der Waals surface area contributed by atoms with Crippen LogP contribution in [0.1, 0.15) is 31.2 Å². The summed E-state index contributed by atoms with van der Waals surface area (Å²) in [5.74, 6) is 0.630. The fourth-order valence-electron chi connectivity index (χ4n) is 3.15. The lowest BCUT2D eigenvalue weighted by molar-refractivity contribution is -0.128. The Balaban J connectivity index is 1.87. The minimum atomic E-state index is -0.208. The molecule has 0 aromatic heterocycles. The number of methoxy groups -OCH3 is 1. The molecule has 5 heteroatoms. The van der Waals surface area contributed by atoms with Crippen molar-refractivity contribution in [2.45, 2.75) is 31.7 Å². The summed E-state index contributed by atoms with van der Waals surface area (Å²) in [7, 11) is 1.63. The van der Waals surface area contributed by atoms with Gasteiger partial charge in [0.2, 0.25) is 11.8 Å². The number of para-hydroxylation sites is 1. The van der Waals surface area contributed by atoms with Crippen LogP contribution in [0.15, 0.2) is 24.3 Å². The lowest BCUT2D eigenvalue weighted by atomic mass is 9.87. The summed E-state index contributed by atoms with van der Waals surface area (Å²) in [4.78, 5) is 26.1. The fourth-order valence-corrected chi connectivity index (χ4v) is 3.15. The Morgan fingerprint density at radius 2 is 1.95 bits per heavy atom. The molecule has 1 N–H and O–H groups in total. The van der Waals surface area contributed by atoms with Gasteiger partial charge in [-0.05, 0) is 24.5 Å². The molecule has 1 aromatic rings. The average Bonchev–Trinajstić information content (AvgIpc) is 3.21.